The van der Waals surface area contributed by atoms with Crippen molar-refractivity contribution in [2.75, 3.05) is 11.4 Å². The number of ether oxygens (including phenoxy) is 2. The standard InChI is InChI=1S/C24H28F6N4O9/c1-20(2,3)42-18(40)34(19(41)43-21(4,5)6)14-7-12(24(28,29)30)13(31-32-14)9-22(16(36)37)8-11(23(25,26)27)10-33(15(22)35)17(38)39/h7,11H,8-10H2,1-6H3,(H,36,37)(H,38,39)/t11-,22?/m1/s1. The minimum Gasteiger partial charge on any atom is -0.480 e. The molecule has 1 aliphatic heterocycles. The molecule has 0 aliphatic carbocycles. The molecule has 2 rings (SSSR count). The number of halogens is 6. The highest BCUT2D eigenvalue weighted by Crippen LogP contribution is 2.45. The number of likely N-dealkylation sites (tertiary alicyclic amines) is 1. The highest BCUT2D eigenvalue weighted by atomic mass is 19.4. The number of alkyl halides is 6. The number of carboxylic acid groups (broad SMARTS) is 2. The van der Waals surface area contributed by atoms with E-state index in [2.05, 4.69) is 10.2 Å². The summed E-state index contributed by atoms with van der Waals surface area (Å²) >= 11 is 0. The summed E-state index contributed by atoms with van der Waals surface area (Å²) in [6.45, 7) is 6.74. The summed E-state index contributed by atoms with van der Waals surface area (Å²) in [4.78, 5) is 61.9. The third-order valence-corrected chi connectivity index (χ3v) is 5.77. The molecule has 43 heavy (non-hydrogen) atoms. The lowest BCUT2D eigenvalue weighted by Crippen LogP contribution is -2.60. The lowest BCUT2D eigenvalue weighted by Gasteiger charge is -2.41. The van der Waals surface area contributed by atoms with Crippen LogP contribution >= 0.6 is 0 Å². The van der Waals surface area contributed by atoms with E-state index in [4.69, 9.17) is 9.47 Å². The molecule has 0 spiro atoms. The molecule has 0 saturated carbocycles. The first-order valence-electron chi connectivity index (χ1n) is 12.2. The Labute approximate surface area is 239 Å². The van der Waals surface area contributed by atoms with Crippen LogP contribution in [-0.2, 0) is 31.7 Å². The van der Waals surface area contributed by atoms with Crippen LogP contribution in [0.3, 0.4) is 0 Å². The number of hydrogen-bond donors (Lipinski definition) is 2. The molecule has 1 fully saturated rings. The summed E-state index contributed by atoms with van der Waals surface area (Å²) in [5, 5.41) is 25.7. The van der Waals surface area contributed by atoms with Crippen molar-refractivity contribution in [2.24, 2.45) is 11.3 Å². The summed E-state index contributed by atoms with van der Waals surface area (Å²) in [7, 11) is 0. The van der Waals surface area contributed by atoms with Gasteiger partial charge >= 0.3 is 36.6 Å². The van der Waals surface area contributed by atoms with E-state index in [1.54, 1.807) is 0 Å². The largest absolute Gasteiger partial charge is 0.480 e. The number of amides is 4. The number of rotatable bonds is 4. The van der Waals surface area contributed by atoms with Crippen LogP contribution in [0.5, 0.6) is 0 Å². The van der Waals surface area contributed by atoms with Gasteiger partial charge in [0.1, 0.15) is 11.2 Å². The highest BCUT2D eigenvalue weighted by Gasteiger charge is 2.60. The van der Waals surface area contributed by atoms with Crippen molar-refractivity contribution in [3.05, 3.63) is 17.3 Å². The van der Waals surface area contributed by atoms with Gasteiger partial charge in [-0.1, -0.05) is 0 Å². The van der Waals surface area contributed by atoms with Gasteiger partial charge in [0.05, 0.1) is 17.2 Å². The molecule has 4 amide bonds. The molecule has 2 N–H and O–H groups in total. The maximum atomic E-state index is 14.2. The second-order valence-electron chi connectivity index (χ2n) is 11.6. The number of aliphatic carboxylic acids is 1. The molecule has 1 aromatic rings. The first-order valence-corrected chi connectivity index (χ1v) is 12.2. The van der Waals surface area contributed by atoms with E-state index in [1.807, 2.05) is 0 Å². The lowest BCUT2D eigenvalue weighted by atomic mass is 9.71. The number of carbonyl (C=O) groups excluding carboxylic acids is 3. The van der Waals surface area contributed by atoms with Gasteiger partial charge < -0.3 is 19.7 Å². The molecule has 2 atom stereocenters. The van der Waals surface area contributed by atoms with Gasteiger partial charge in [-0.3, -0.25) is 9.59 Å². The van der Waals surface area contributed by atoms with Crippen LogP contribution in [0.4, 0.5) is 46.5 Å². The van der Waals surface area contributed by atoms with Crippen molar-refractivity contribution in [1.29, 1.82) is 0 Å². The Kier molecular flexibility index (Phi) is 9.34. The Morgan fingerprint density at radius 3 is 1.81 bits per heavy atom. The lowest BCUT2D eigenvalue weighted by molar-refractivity contribution is -0.203. The van der Waals surface area contributed by atoms with Gasteiger partial charge in [-0.2, -0.15) is 36.3 Å². The van der Waals surface area contributed by atoms with E-state index in [0.29, 0.717) is 0 Å². The highest BCUT2D eigenvalue weighted by molar-refractivity contribution is 6.09. The predicted molar refractivity (Wildman–Crippen MR) is 130 cm³/mol. The predicted octanol–water partition coefficient (Wildman–Crippen LogP) is 4.87. The van der Waals surface area contributed by atoms with Crippen LogP contribution in [0, 0.1) is 11.3 Å². The smallest absolute Gasteiger partial charge is 0.425 e. The van der Waals surface area contributed by atoms with Crippen molar-refractivity contribution in [3.63, 3.8) is 0 Å². The molecule has 0 bridgehead atoms. The van der Waals surface area contributed by atoms with Crippen LogP contribution in [0.1, 0.15) is 59.2 Å². The minimum absolute atomic E-state index is 0.0346. The van der Waals surface area contributed by atoms with Crippen molar-refractivity contribution in [1.82, 2.24) is 15.1 Å². The molecule has 1 unspecified atom stereocenters. The molecule has 240 valence electrons. The number of carboxylic acids is 1. The maximum Gasteiger partial charge on any atom is 0.425 e. The normalized spacial score (nSPS) is 20.0. The average Bonchev–Trinajstić information content (AvgIpc) is 2.77. The monoisotopic (exact) mass is 630 g/mol. The van der Waals surface area contributed by atoms with Crippen molar-refractivity contribution in [2.45, 2.75) is 77.9 Å². The molecule has 13 nitrogen and oxygen atoms in total. The topological polar surface area (TPSA) is 177 Å². The van der Waals surface area contributed by atoms with E-state index in [1.165, 1.54) is 41.5 Å². The number of nitrogens with zero attached hydrogens (tertiary/aromatic N) is 4. The molecule has 0 aromatic carbocycles. The van der Waals surface area contributed by atoms with Gasteiger partial charge in [-0.05, 0) is 54.0 Å². The van der Waals surface area contributed by atoms with Crippen LogP contribution in [0.25, 0.3) is 0 Å². The van der Waals surface area contributed by atoms with Crippen molar-refractivity contribution >= 4 is 36.0 Å². The quantitative estimate of drug-likeness (QED) is 0.343. The number of carbonyl (C=O) groups is 5. The van der Waals surface area contributed by atoms with E-state index in [-0.39, 0.29) is 11.0 Å². The maximum absolute atomic E-state index is 14.2. The Balaban J connectivity index is 2.77. The molecular weight excluding hydrogens is 602 g/mol. The fourth-order valence-electron chi connectivity index (χ4n) is 3.98. The SMILES string of the molecule is CC(C)(C)OC(=O)N(C(=O)OC(C)(C)C)c1cc(C(F)(F)F)c(CC2(C(=O)O)C[C@@H](C(F)(F)F)CN(C(=O)O)C2=O)nn1. The number of piperidine rings is 1. The zero-order chi connectivity index (χ0) is 33.5. The zero-order valence-corrected chi connectivity index (χ0v) is 23.6. The number of imide groups is 2. The number of anilines is 1. The molecule has 1 saturated heterocycles. The fourth-order valence-corrected chi connectivity index (χ4v) is 3.98. The third-order valence-electron chi connectivity index (χ3n) is 5.77. The van der Waals surface area contributed by atoms with Crippen LogP contribution in [-0.4, -0.2) is 79.4 Å². The number of hydrogen-bond acceptors (Lipinski definition) is 9. The van der Waals surface area contributed by atoms with E-state index >= 15 is 0 Å². The fraction of sp³-hybridized carbons (Fsp3) is 0.625. The molecule has 1 aromatic heterocycles. The Bertz CT molecular complexity index is 1280. The Morgan fingerprint density at radius 2 is 1.44 bits per heavy atom. The molecule has 1 aliphatic rings. The summed E-state index contributed by atoms with van der Waals surface area (Å²) in [6.07, 6.45) is -19.4. The summed E-state index contributed by atoms with van der Waals surface area (Å²) in [5.74, 6) is -8.13. The molecule has 19 heteroatoms. The van der Waals surface area contributed by atoms with E-state index < -0.39 is 106 Å². The molecule has 2 heterocycles. The van der Waals surface area contributed by atoms with Gasteiger partial charge in [-0.25, -0.2) is 19.3 Å². The second-order valence-corrected chi connectivity index (χ2v) is 11.6. The Hall–Kier alpha value is -4.19. The van der Waals surface area contributed by atoms with Gasteiger partial charge in [0, 0.05) is 13.0 Å². The zero-order valence-electron chi connectivity index (χ0n) is 23.6. The van der Waals surface area contributed by atoms with Crippen LogP contribution in [0.15, 0.2) is 6.07 Å². The van der Waals surface area contributed by atoms with Gasteiger partial charge in [0.25, 0.3) is 0 Å². The van der Waals surface area contributed by atoms with Gasteiger partial charge in [0.2, 0.25) is 5.91 Å². The van der Waals surface area contributed by atoms with Crippen LogP contribution < -0.4 is 4.90 Å². The van der Waals surface area contributed by atoms with E-state index in [9.17, 15) is 60.5 Å². The average molecular weight is 630 g/mol. The van der Waals surface area contributed by atoms with Crippen molar-refractivity contribution < 1.29 is 70.0 Å². The summed E-state index contributed by atoms with van der Waals surface area (Å²) in [6, 6.07) is 0.0647. The summed E-state index contributed by atoms with van der Waals surface area (Å²) in [5.41, 5.74) is -9.20. The molecule has 0 radical (unpaired) electrons. The van der Waals surface area contributed by atoms with Crippen molar-refractivity contribution in [3.8, 4) is 0 Å². The van der Waals surface area contributed by atoms with E-state index in [0.717, 1.165) is 0 Å². The van der Waals surface area contributed by atoms with Crippen LogP contribution in [0.2, 0.25) is 0 Å². The Morgan fingerprint density at radius 1 is 0.953 bits per heavy atom. The second kappa shape index (κ2) is 11.5. The van der Waals surface area contributed by atoms with Gasteiger partial charge in [0.15, 0.2) is 11.2 Å². The minimum atomic E-state index is -5.47. The first kappa shape index (κ1) is 35.0. The molecular formula is C24H28F6N4O9. The number of aromatic nitrogens is 2. The first-order chi connectivity index (χ1) is 19.2. The third kappa shape index (κ3) is 8.22. The van der Waals surface area contributed by atoms with Gasteiger partial charge in [-0.15, -0.1) is 5.10 Å². The summed E-state index contributed by atoms with van der Waals surface area (Å²) < 4.78 is 93.7.